The summed E-state index contributed by atoms with van der Waals surface area (Å²) in [4.78, 5) is 46.9. The molecule has 3 amide bonds. The molecule has 0 unspecified atom stereocenters. The highest BCUT2D eigenvalue weighted by molar-refractivity contribution is 6.05. The van der Waals surface area contributed by atoms with Crippen LogP contribution in [0.1, 0.15) is 64.6 Å². The molecule has 1 N–H and O–H groups in total. The second-order valence-corrected chi connectivity index (χ2v) is 26.5. The number of fused-ring (bicyclic) bond motifs is 2. The Morgan fingerprint density at radius 1 is 0.469 bits per heavy atom. The molecule has 8 heterocycles. The highest BCUT2D eigenvalue weighted by atomic mass is 16.6. The van der Waals surface area contributed by atoms with E-state index in [1.165, 1.54) is 0 Å². The first-order valence-electron chi connectivity index (χ1n) is 33.7. The number of nitrogens with zero attached hydrogens (tertiary/aromatic N) is 11. The molecule has 0 saturated carbocycles. The first-order chi connectivity index (χ1) is 48.1. The Morgan fingerprint density at radius 3 is 1.22 bits per heavy atom. The van der Waals surface area contributed by atoms with Crippen LogP contribution in [0.25, 0.3) is 44.3 Å². The summed E-state index contributed by atoms with van der Waals surface area (Å²) in [5.74, 6) is 0.270. The van der Waals surface area contributed by atoms with Crippen LogP contribution in [0.5, 0.6) is 0 Å². The number of benzene rings is 9. The van der Waals surface area contributed by atoms with E-state index in [2.05, 4.69) is 219 Å². The van der Waals surface area contributed by atoms with Crippen LogP contribution in [0.3, 0.4) is 0 Å². The molecule has 13 aromatic rings. The van der Waals surface area contributed by atoms with E-state index in [0.717, 1.165) is 127 Å². The van der Waals surface area contributed by atoms with Gasteiger partial charge in [-0.15, -0.1) is 0 Å². The molecule has 0 radical (unpaired) electrons. The number of nitrogens with one attached hydrogen (secondary N) is 1. The molecule has 2 spiro atoms. The van der Waals surface area contributed by atoms with Crippen molar-refractivity contribution in [2.24, 2.45) is 24.9 Å². The van der Waals surface area contributed by atoms with E-state index in [-0.39, 0.29) is 29.9 Å². The van der Waals surface area contributed by atoms with Crippen LogP contribution < -0.4 is 15.1 Å². The predicted molar refractivity (Wildman–Crippen MR) is 382 cm³/mol. The molecule has 0 bridgehead atoms. The van der Waals surface area contributed by atoms with Gasteiger partial charge in [0, 0.05) is 92.5 Å². The zero-order valence-corrected chi connectivity index (χ0v) is 54.8. The quantitative estimate of drug-likeness (QED) is 0.105. The van der Waals surface area contributed by atoms with E-state index < -0.39 is 16.5 Å². The van der Waals surface area contributed by atoms with Crippen LogP contribution in [0.2, 0.25) is 0 Å². The second kappa shape index (κ2) is 25.3. The molecule has 4 fully saturated rings. The van der Waals surface area contributed by atoms with E-state index in [4.69, 9.17) is 14.9 Å². The minimum atomic E-state index is -0.833. The summed E-state index contributed by atoms with van der Waals surface area (Å²) >= 11 is 0. The number of hydrogen-bond acceptors (Lipinski definition) is 9. The number of likely N-dealkylation sites (tertiary alicyclic amines) is 1. The molecule has 16 heteroatoms. The number of ether oxygens (including phenoxy) is 1. The molecule has 17 rings (SSSR count). The Labute approximate surface area is 569 Å². The average molecular weight is 1290 g/mol. The topological polar surface area (TPSA) is 153 Å². The lowest BCUT2D eigenvalue weighted by atomic mass is 9.77. The van der Waals surface area contributed by atoms with Gasteiger partial charge >= 0.3 is 6.09 Å². The highest BCUT2D eigenvalue weighted by Gasteiger charge is 2.53. The van der Waals surface area contributed by atoms with Gasteiger partial charge in [-0.1, -0.05) is 212 Å². The van der Waals surface area contributed by atoms with Gasteiger partial charge in [-0.05, 0) is 108 Å². The monoisotopic (exact) mass is 1290 g/mol. The third-order valence-corrected chi connectivity index (χ3v) is 20.8. The number of hydrogen-bond donors (Lipinski definition) is 1. The van der Waals surface area contributed by atoms with Gasteiger partial charge in [0.15, 0.2) is 0 Å². The van der Waals surface area contributed by atoms with Crippen molar-refractivity contribution in [1.29, 1.82) is 0 Å². The van der Waals surface area contributed by atoms with E-state index in [9.17, 15) is 14.4 Å². The van der Waals surface area contributed by atoms with Crippen LogP contribution in [0.4, 0.5) is 16.2 Å². The van der Waals surface area contributed by atoms with Crippen molar-refractivity contribution in [3.8, 4) is 22.5 Å². The number of aromatic nitrogens is 8. The smallest absolute Gasteiger partial charge is 0.410 e. The first-order valence-corrected chi connectivity index (χ1v) is 33.7. The Morgan fingerprint density at radius 2 is 0.847 bits per heavy atom. The lowest BCUT2D eigenvalue weighted by Crippen LogP contribution is -2.39. The minimum absolute atomic E-state index is 0.0442. The van der Waals surface area contributed by atoms with Gasteiger partial charge in [-0.2, -0.15) is 20.4 Å². The highest BCUT2D eigenvalue weighted by Crippen LogP contribution is 2.49. The molecule has 4 aliphatic heterocycles. The first kappa shape index (κ1) is 61.4. The molecule has 2 atom stereocenters. The van der Waals surface area contributed by atoms with Crippen molar-refractivity contribution in [2.75, 3.05) is 49.1 Å². The van der Waals surface area contributed by atoms with Crippen LogP contribution in [-0.4, -0.2) is 101 Å². The maximum absolute atomic E-state index is 14.4. The second-order valence-electron chi connectivity index (χ2n) is 26.5. The van der Waals surface area contributed by atoms with Gasteiger partial charge < -0.3 is 24.8 Å². The fourth-order valence-corrected chi connectivity index (χ4v) is 15.9. The summed E-state index contributed by atoms with van der Waals surface area (Å²) in [6.45, 7) is 4.00. The molecule has 98 heavy (non-hydrogen) atoms. The molecule has 16 nitrogen and oxygen atoms in total. The predicted octanol–water partition coefficient (Wildman–Crippen LogP) is 14.0. The van der Waals surface area contributed by atoms with Crippen LogP contribution >= 0.6 is 0 Å². The summed E-state index contributed by atoms with van der Waals surface area (Å²) < 4.78 is 13.6. The fourth-order valence-electron chi connectivity index (χ4n) is 15.9. The Kier molecular flexibility index (Phi) is 15.8. The van der Waals surface area contributed by atoms with Gasteiger partial charge in [0.25, 0.3) is 0 Å². The average Bonchev–Trinajstić information content (AvgIpc) is 1.46. The number of aryl methyl sites for hydroxylation is 2. The van der Waals surface area contributed by atoms with Crippen molar-refractivity contribution < 1.29 is 19.1 Å². The van der Waals surface area contributed by atoms with Crippen molar-refractivity contribution in [3.05, 3.63) is 312 Å². The van der Waals surface area contributed by atoms with Crippen molar-refractivity contribution in [1.82, 2.24) is 49.3 Å². The molecule has 4 aromatic heterocycles. The number of amides is 3. The molecule has 0 aliphatic carbocycles. The lowest BCUT2D eigenvalue weighted by molar-refractivity contribution is -0.125. The van der Waals surface area contributed by atoms with E-state index >= 15 is 0 Å². The third kappa shape index (κ3) is 10.4. The molecule has 4 saturated heterocycles. The Bertz CT molecular complexity index is 4840. The summed E-state index contributed by atoms with van der Waals surface area (Å²) in [6.07, 6.45) is 10.4. The number of rotatable bonds is 14. The zero-order chi connectivity index (χ0) is 66.4. The van der Waals surface area contributed by atoms with Crippen molar-refractivity contribution in [3.63, 3.8) is 0 Å². The van der Waals surface area contributed by atoms with E-state index in [1.807, 2.05) is 108 Å². The standard InChI is InChI=1S/C45H40N6O3.C37H34N6O/c1-48-30-34(29-46-48)41-39-28-38(50-27-25-44(42(50)52)24-26-49(32-44)43(53)54-31-33-14-6-2-7-15-33)22-23-40(39)51(47-41)45(35-16-8-3-9-17-35,36-18-10-4-11-19-36)37-20-12-5-13-21-37;1-41-25-27(24-39-41)34-32-23-31(42-22-20-36(35(42)44)19-21-38-26-36)17-18-33(32)43(40-34)37(28-11-5-2-6-12-28,29-13-7-3-8-14-29)30-15-9-4-10-16-30/h2-23,28-30H,24-27,31-32H2,1H3;2-18,23-25,38H,19-22,26H2,1H3/t44-;36-/m00/s1. The minimum Gasteiger partial charge on any atom is -0.445 e. The molecular weight excluding hydrogens is 1220 g/mol. The molecule has 486 valence electrons. The maximum atomic E-state index is 14.4. The van der Waals surface area contributed by atoms with E-state index in [1.54, 1.807) is 9.58 Å². The lowest BCUT2D eigenvalue weighted by Gasteiger charge is -2.37. The number of anilines is 2. The van der Waals surface area contributed by atoms with Crippen LogP contribution in [0, 0.1) is 10.8 Å². The summed E-state index contributed by atoms with van der Waals surface area (Å²) in [6, 6.07) is 85.6. The van der Waals surface area contributed by atoms with Gasteiger partial charge in [0.1, 0.15) is 29.1 Å². The van der Waals surface area contributed by atoms with Crippen LogP contribution in [0.15, 0.2) is 274 Å². The van der Waals surface area contributed by atoms with Crippen molar-refractivity contribution in [2.45, 2.75) is 43.4 Å². The largest absolute Gasteiger partial charge is 0.445 e. The normalized spacial score (nSPS) is 17.8. The fraction of sp³-hybridized carbons (Fsp3) is 0.207. The number of carbonyl (C=O) groups is 3. The number of carbonyl (C=O) groups excluding carboxylic acids is 3. The zero-order valence-electron chi connectivity index (χ0n) is 54.8. The SMILES string of the molecule is Cn1cc(-c2nn(C(c3ccccc3)(c3ccccc3)c3ccccc3)c3ccc(N4CC[C@]5(CCN(C(=O)OCc6ccccc6)C5)C4=O)cc23)cn1.Cn1cc(-c2nn(C(c3ccccc3)(c3ccccc3)c3ccccc3)c3ccc(N4CC[C@]5(CCNC5)C4=O)cc23)cn1. The van der Waals surface area contributed by atoms with Gasteiger partial charge in [0.2, 0.25) is 11.8 Å². The molecular formula is C82H74N12O4. The Balaban J connectivity index is 0.000000156. The van der Waals surface area contributed by atoms with Gasteiger partial charge in [-0.25, -0.2) is 14.2 Å². The molecule has 4 aliphatic rings. The maximum Gasteiger partial charge on any atom is 0.410 e. The summed E-state index contributed by atoms with van der Waals surface area (Å²) in [5.41, 5.74) is 12.0. The molecule has 9 aromatic carbocycles. The third-order valence-electron chi connectivity index (χ3n) is 20.8. The van der Waals surface area contributed by atoms with Crippen LogP contribution in [-0.2, 0) is 46.1 Å². The van der Waals surface area contributed by atoms with E-state index in [0.29, 0.717) is 32.5 Å². The van der Waals surface area contributed by atoms with Gasteiger partial charge in [-0.3, -0.25) is 19.0 Å². The Hall–Kier alpha value is -11.5. The summed E-state index contributed by atoms with van der Waals surface area (Å²) in [7, 11) is 3.83. The summed E-state index contributed by atoms with van der Waals surface area (Å²) in [5, 5.41) is 25.3. The van der Waals surface area contributed by atoms with Crippen molar-refractivity contribution >= 4 is 51.1 Å². The van der Waals surface area contributed by atoms with Gasteiger partial charge in [0.05, 0.1) is 34.3 Å².